The van der Waals surface area contributed by atoms with Crippen LogP contribution in [0.2, 0.25) is 10.0 Å². The highest BCUT2D eigenvalue weighted by Crippen LogP contribution is 2.27. The zero-order chi connectivity index (χ0) is 19.4. The SMILES string of the molecule is CC(=O)N1CCN(C(C(=O)Nc2cc(Cl)cc(Cl)c2)c2ccccc2)CC1. The Balaban J connectivity index is 1.82. The van der Waals surface area contributed by atoms with Crippen LogP contribution >= 0.6 is 23.2 Å². The van der Waals surface area contributed by atoms with E-state index in [2.05, 4.69) is 10.2 Å². The van der Waals surface area contributed by atoms with Gasteiger partial charge in [-0.25, -0.2) is 0 Å². The molecule has 0 spiro atoms. The predicted octanol–water partition coefficient (Wildman–Crippen LogP) is 3.84. The van der Waals surface area contributed by atoms with Crippen LogP contribution in [0.5, 0.6) is 0 Å². The molecule has 5 nitrogen and oxygen atoms in total. The number of carbonyl (C=O) groups is 2. The van der Waals surface area contributed by atoms with E-state index in [1.165, 1.54) is 0 Å². The van der Waals surface area contributed by atoms with Crippen molar-refractivity contribution in [3.8, 4) is 0 Å². The minimum absolute atomic E-state index is 0.0592. The summed E-state index contributed by atoms with van der Waals surface area (Å²) < 4.78 is 0. The number of anilines is 1. The van der Waals surface area contributed by atoms with E-state index in [4.69, 9.17) is 23.2 Å². The average molecular weight is 406 g/mol. The molecule has 0 saturated carbocycles. The molecule has 1 N–H and O–H groups in total. The van der Waals surface area contributed by atoms with Crippen LogP contribution < -0.4 is 5.32 Å². The molecule has 2 aromatic carbocycles. The number of nitrogens with zero attached hydrogens (tertiary/aromatic N) is 2. The number of amides is 2. The molecule has 27 heavy (non-hydrogen) atoms. The van der Waals surface area contributed by atoms with E-state index in [0.717, 1.165) is 5.56 Å². The second kappa shape index (κ2) is 8.74. The number of hydrogen-bond donors (Lipinski definition) is 1. The quantitative estimate of drug-likeness (QED) is 0.840. The number of piperazine rings is 1. The Morgan fingerprint density at radius 3 is 2.11 bits per heavy atom. The summed E-state index contributed by atoms with van der Waals surface area (Å²) in [5.41, 5.74) is 1.46. The molecule has 2 aromatic rings. The fourth-order valence-electron chi connectivity index (χ4n) is 3.29. The van der Waals surface area contributed by atoms with E-state index in [-0.39, 0.29) is 11.8 Å². The van der Waals surface area contributed by atoms with Crippen LogP contribution in [-0.2, 0) is 9.59 Å². The lowest BCUT2D eigenvalue weighted by Gasteiger charge is -2.38. The highest BCUT2D eigenvalue weighted by Gasteiger charge is 2.31. The van der Waals surface area contributed by atoms with Gasteiger partial charge in [-0.3, -0.25) is 14.5 Å². The largest absolute Gasteiger partial charge is 0.340 e. The molecule has 1 aliphatic rings. The fraction of sp³-hybridized carbons (Fsp3) is 0.300. The van der Waals surface area contributed by atoms with Crippen molar-refractivity contribution in [1.29, 1.82) is 0 Å². The standard InChI is InChI=1S/C20H21Cl2N3O2/c1-14(26)24-7-9-25(10-8-24)19(15-5-3-2-4-6-15)20(27)23-18-12-16(21)11-17(22)13-18/h2-6,11-13,19H,7-10H2,1H3,(H,23,27). The molecule has 1 saturated heterocycles. The highest BCUT2D eigenvalue weighted by atomic mass is 35.5. The lowest BCUT2D eigenvalue weighted by atomic mass is 10.0. The Bertz CT molecular complexity index is 801. The molecule has 142 valence electrons. The molecular weight excluding hydrogens is 385 g/mol. The zero-order valence-corrected chi connectivity index (χ0v) is 16.5. The van der Waals surface area contributed by atoms with Gasteiger partial charge in [-0.1, -0.05) is 53.5 Å². The lowest BCUT2D eigenvalue weighted by molar-refractivity contribution is -0.131. The van der Waals surface area contributed by atoms with Gasteiger partial charge in [0.2, 0.25) is 11.8 Å². The van der Waals surface area contributed by atoms with Gasteiger partial charge in [0.15, 0.2) is 0 Å². The number of rotatable bonds is 4. The van der Waals surface area contributed by atoms with Crippen molar-refractivity contribution < 1.29 is 9.59 Å². The third-order valence-electron chi connectivity index (χ3n) is 4.62. The smallest absolute Gasteiger partial charge is 0.246 e. The van der Waals surface area contributed by atoms with Crippen LogP contribution in [0, 0.1) is 0 Å². The van der Waals surface area contributed by atoms with Crippen molar-refractivity contribution in [2.75, 3.05) is 31.5 Å². The van der Waals surface area contributed by atoms with E-state index in [1.807, 2.05) is 30.3 Å². The maximum Gasteiger partial charge on any atom is 0.246 e. The van der Waals surface area contributed by atoms with Crippen molar-refractivity contribution in [2.45, 2.75) is 13.0 Å². The summed E-state index contributed by atoms with van der Waals surface area (Å²) in [5.74, 6) is -0.0975. The van der Waals surface area contributed by atoms with Crippen LogP contribution in [-0.4, -0.2) is 47.8 Å². The fourth-order valence-corrected chi connectivity index (χ4v) is 3.82. The Morgan fingerprint density at radius 2 is 1.56 bits per heavy atom. The van der Waals surface area contributed by atoms with Gasteiger partial charge in [0.05, 0.1) is 0 Å². The summed E-state index contributed by atoms with van der Waals surface area (Å²) in [6.07, 6.45) is 0. The summed E-state index contributed by atoms with van der Waals surface area (Å²) in [5, 5.41) is 3.85. The summed E-state index contributed by atoms with van der Waals surface area (Å²) in [4.78, 5) is 28.6. The molecule has 0 aromatic heterocycles. The Labute approximate surface area is 168 Å². The van der Waals surface area contributed by atoms with Crippen molar-refractivity contribution >= 4 is 40.7 Å². The van der Waals surface area contributed by atoms with Gasteiger partial charge in [0.25, 0.3) is 0 Å². The Hall–Kier alpha value is -2.08. The first-order chi connectivity index (χ1) is 12.9. The first-order valence-corrected chi connectivity index (χ1v) is 9.51. The summed E-state index contributed by atoms with van der Waals surface area (Å²) in [7, 11) is 0. The van der Waals surface area contributed by atoms with E-state index in [1.54, 1.807) is 30.0 Å². The number of carbonyl (C=O) groups excluding carboxylic acids is 2. The maximum absolute atomic E-state index is 13.1. The van der Waals surface area contributed by atoms with E-state index in [0.29, 0.717) is 41.9 Å². The highest BCUT2D eigenvalue weighted by molar-refractivity contribution is 6.35. The van der Waals surface area contributed by atoms with Crippen molar-refractivity contribution in [1.82, 2.24) is 9.80 Å². The van der Waals surface area contributed by atoms with Gasteiger partial charge in [0.1, 0.15) is 6.04 Å². The second-order valence-corrected chi connectivity index (χ2v) is 7.38. The minimum atomic E-state index is -0.460. The van der Waals surface area contributed by atoms with E-state index in [9.17, 15) is 9.59 Å². The molecule has 1 aliphatic heterocycles. The maximum atomic E-state index is 13.1. The first-order valence-electron chi connectivity index (χ1n) is 8.75. The van der Waals surface area contributed by atoms with Crippen LogP contribution in [0.25, 0.3) is 0 Å². The van der Waals surface area contributed by atoms with Gasteiger partial charge in [-0.15, -0.1) is 0 Å². The van der Waals surface area contributed by atoms with Gasteiger partial charge >= 0.3 is 0 Å². The molecule has 1 heterocycles. The second-order valence-electron chi connectivity index (χ2n) is 6.50. The molecule has 1 unspecified atom stereocenters. The van der Waals surface area contributed by atoms with E-state index >= 15 is 0 Å². The van der Waals surface area contributed by atoms with Crippen molar-refractivity contribution in [3.63, 3.8) is 0 Å². The number of nitrogens with one attached hydrogen (secondary N) is 1. The van der Waals surface area contributed by atoms with Crippen LogP contribution in [0.15, 0.2) is 48.5 Å². The molecular formula is C20H21Cl2N3O2. The van der Waals surface area contributed by atoms with Gasteiger partial charge in [-0.2, -0.15) is 0 Å². The van der Waals surface area contributed by atoms with E-state index < -0.39 is 6.04 Å². The van der Waals surface area contributed by atoms with Crippen molar-refractivity contribution in [3.05, 3.63) is 64.1 Å². The third kappa shape index (κ3) is 5.01. The predicted molar refractivity (Wildman–Crippen MR) is 108 cm³/mol. The summed E-state index contributed by atoms with van der Waals surface area (Å²) in [6.45, 7) is 4.04. The van der Waals surface area contributed by atoms with Crippen molar-refractivity contribution in [2.24, 2.45) is 0 Å². The minimum Gasteiger partial charge on any atom is -0.340 e. The van der Waals surface area contributed by atoms with Gasteiger partial charge in [-0.05, 0) is 23.8 Å². The Morgan fingerprint density at radius 1 is 0.963 bits per heavy atom. The molecule has 1 atom stereocenters. The van der Waals surface area contributed by atoms with Crippen LogP contribution in [0.1, 0.15) is 18.5 Å². The topological polar surface area (TPSA) is 52.7 Å². The number of hydrogen-bond acceptors (Lipinski definition) is 3. The number of benzene rings is 2. The molecule has 0 aliphatic carbocycles. The zero-order valence-electron chi connectivity index (χ0n) is 15.0. The molecule has 0 bridgehead atoms. The third-order valence-corrected chi connectivity index (χ3v) is 5.05. The first kappa shape index (κ1) is 19.7. The monoisotopic (exact) mass is 405 g/mol. The van der Waals surface area contributed by atoms with Crippen LogP contribution in [0.4, 0.5) is 5.69 Å². The normalized spacial score (nSPS) is 16.0. The Kier molecular flexibility index (Phi) is 6.37. The molecule has 7 heteroatoms. The molecule has 0 radical (unpaired) electrons. The number of halogens is 2. The summed E-state index contributed by atoms with van der Waals surface area (Å²) >= 11 is 12.1. The molecule has 2 amide bonds. The lowest BCUT2D eigenvalue weighted by Crippen LogP contribution is -2.51. The van der Waals surface area contributed by atoms with Crippen LogP contribution in [0.3, 0.4) is 0 Å². The van der Waals surface area contributed by atoms with Gasteiger partial charge < -0.3 is 10.2 Å². The summed E-state index contributed by atoms with van der Waals surface area (Å²) in [6, 6.07) is 14.1. The van der Waals surface area contributed by atoms with Gasteiger partial charge in [0, 0.05) is 48.8 Å². The molecule has 1 fully saturated rings. The average Bonchev–Trinajstić information content (AvgIpc) is 2.62. The molecule has 3 rings (SSSR count).